The van der Waals surface area contributed by atoms with Crippen molar-refractivity contribution in [1.82, 2.24) is 9.97 Å². The van der Waals surface area contributed by atoms with Crippen LogP contribution in [0.4, 0.5) is 0 Å². The SMILES string of the molecule is Cc1cccc(-c2ncc(C(=O)O)[nH]2)c1S. The van der Waals surface area contributed by atoms with E-state index in [4.69, 9.17) is 5.11 Å². The van der Waals surface area contributed by atoms with Gasteiger partial charge in [-0.2, -0.15) is 0 Å². The number of rotatable bonds is 2. The number of H-pyrrole nitrogens is 1. The summed E-state index contributed by atoms with van der Waals surface area (Å²) in [5, 5.41) is 8.78. The summed E-state index contributed by atoms with van der Waals surface area (Å²) in [7, 11) is 0. The Morgan fingerprint density at radius 3 is 2.88 bits per heavy atom. The van der Waals surface area contributed by atoms with Gasteiger partial charge in [0, 0.05) is 10.5 Å². The number of carboxylic acid groups (broad SMARTS) is 1. The summed E-state index contributed by atoms with van der Waals surface area (Å²) in [5.74, 6) is -0.502. The van der Waals surface area contributed by atoms with Crippen LogP contribution in [-0.4, -0.2) is 21.0 Å². The molecule has 1 aromatic heterocycles. The molecule has 5 heteroatoms. The van der Waals surface area contributed by atoms with Crippen molar-refractivity contribution in [3.63, 3.8) is 0 Å². The first-order valence-corrected chi connectivity index (χ1v) is 5.11. The summed E-state index contributed by atoms with van der Waals surface area (Å²) in [6, 6.07) is 5.67. The number of carbonyl (C=O) groups is 1. The first kappa shape index (κ1) is 10.8. The first-order chi connectivity index (χ1) is 7.59. The quantitative estimate of drug-likeness (QED) is 0.699. The Hall–Kier alpha value is -1.75. The topological polar surface area (TPSA) is 66.0 Å². The molecule has 0 saturated heterocycles. The van der Waals surface area contributed by atoms with E-state index >= 15 is 0 Å². The maximum atomic E-state index is 10.7. The Morgan fingerprint density at radius 2 is 2.25 bits per heavy atom. The lowest BCUT2D eigenvalue weighted by Crippen LogP contribution is -1.95. The maximum absolute atomic E-state index is 10.7. The molecule has 0 unspecified atom stereocenters. The van der Waals surface area contributed by atoms with Gasteiger partial charge in [0.1, 0.15) is 11.5 Å². The van der Waals surface area contributed by atoms with Gasteiger partial charge in [-0.25, -0.2) is 9.78 Å². The predicted octanol–water partition coefficient (Wildman–Crippen LogP) is 2.37. The molecule has 0 bridgehead atoms. The normalized spacial score (nSPS) is 10.4. The number of nitrogens with one attached hydrogen (secondary N) is 1. The molecule has 2 aromatic rings. The van der Waals surface area contributed by atoms with Gasteiger partial charge in [-0.3, -0.25) is 0 Å². The van der Waals surface area contributed by atoms with E-state index in [1.165, 1.54) is 6.20 Å². The number of hydrogen-bond acceptors (Lipinski definition) is 3. The minimum absolute atomic E-state index is 0.0734. The zero-order valence-electron chi connectivity index (χ0n) is 8.56. The van der Waals surface area contributed by atoms with Crippen LogP contribution in [0.1, 0.15) is 16.1 Å². The molecular formula is C11H10N2O2S. The van der Waals surface area contributed by atoms with Crippen LogP contribution in [0.3, 0.4) is 0 Å². The summed E-state index contributed by atoms with van der Waals surface area (Å²) in [5.41, 5.74) is 1.90. The third kappa shape index (κ3) is 1.81. The van der Waals surface area contributed by atoms with Crippen molar-refractivity contribution in [3.8, 4) is 11.4 Å². The van der Waals surface area contributed by atoms with E-state index in [1.807, 2.05) is 25.1 Å². The van der Waals surface area contributed by atoms with E-state index in [-0.39, 0.29) is 5.69 Å². The second-order valence-electron chi connectivity index (χ2n) is 3.42. The molecule has 0 saturated carbocycles. The zero-order valence-corrected chi connectivity index (χ0v) is 9.45. The van der Waals surface area contributed by atoms with Gasteiger partial charge >= 0.3 is 5.97 Å². The fourth-order valence-electron chi connectivity index (χ4n) is 1.42. The van der Waals surface area contributed by atoms with E-state index in [0.29, 0.717) is 5.82 Å². The van der Waals surface area contributed by atoms with Crippen LogP contribution in [0.2, 0.25) is 0 Å². The number of thiol groups is 1. The van der Waals surface area contributed by atoms with E-state index in [2.05, 4.69) is 22.6 Å². The lowest BCUT2D eigenvalue weighted by atomic mass is 10.1. The molecule has 2 N–H and O–H groups in total. The first-order valence-electron chi connectivity index (χ1n) is 4.67. The average molecular weight is 234 g/mol. The highest BCUT2D eigenvalue weighted by atomic mass is 32.1. The number of aryl methyl sites for hydroxylation is 1. The summed E-state index contributed by atoms with van der Waals surface area (Å²) in [6.45, 7) is 1.94. The molecule has 0 aliphatic carbocycles. The standard InChI is InChI=1S/C11H10N2O2S/c1-6-3-2-4-7(9(6)16)10-12-5-8(13-10)11(14)15/h2-5,16H,1H3,(H,12,13)(H,14,15). The van der Waals surface area contributed by atoms with Gasteiger partial charge in [-0.05, 0) is 12.5 Å². The van der Waals surface area contributed by atoms with Crippen LogP contribution in [0.15, 0.2) is 29.3 Å². The molecule has 82 valence electrons. The fraction of sp³-hybridized carbons (Fsp3) is 0.0909. The van der Waals surface area contributed by atoms with Crippen LogP contribution in [0.25, 0.3) is 11.4 Å². The van der Waals surface area contributed by atoms with Crippen LogP contribution in [0, 0.1) is 6.92 Å². The fourth-order valence-corrected chi connectivity index (χ4v) is 1.67. The van der Waals surface area contributed by atoms with E-state index in [0.717, 1.165) is 16.0 Å². The van der Waals surface area contributed by atoms with Crippen molar-refractivity contribution < 1.29 is 9.90 Å². The van der Waals surface area contributed by atoms with Gasteiger partial charge < -0.3 is 10.1 Å². The van der Waals surface area contributed by atoms with E-state index in [1.54, 1.807) is 0 Å². The highest BCUT2D eigenvalue weighted by Crippen LogP contribution is 2.26. The molecule has 16 heavy (non-hydrogen) atoms. The Morgan fingerprint density at radius 1 is 1.50 bits per heavy atom. The van der Waals surface area contributed by atoms with E-state index < -0.39 is 5.97 Å². The van der Waals surface area contributed by atoms with Crippen LogP contribution in [-0.2, 0) is 0 Å². The molecular weight excluding hydrogens is 224 g/mol. The van der Waals surface area contributed by atoms with Gasteiger partial charge in [0.25, 0.3) is 0 Å². The van der Waals surface area contributed by atoms with Crippen LogP contribution in [0.5, 0.6) is 0 Å². The summed E-state index contributed by atoms with van der Waals surface area (Å²) in [6.07, 6.45) is 1.30. The Kier molecular flexibility index (Phi) is 2.70. The molecule has 2 rings (SSSR count). The van der Waals surface area contributed by atoms with Crippen molar-refractivity contribution >= 4 is 18.6 Å². The molecule has 0 spiro atoms. The Labute approximate surface area is 97.8 Å². The molecule has 0 amide bonds. The summed E-state index contributed by atoms with van der Waals surface area (Å²) in [4.78, 5) is 18.3. The number of hydrogen-bond donors (Lipinski definition) is 3. The van der Waals surface area contributed by atoms with Gasteiger partial charge in [0.2, 0.25) is 0 Å². The Bertz CT molecular complexity index is 549. The molecule has 0 fully saturated rings. The Balaban J connectivity index is 2.50. The van der Waals surface area contributed by atoms with Gasteiger partial charge in [-0.15, -0.1) is 12.6 Å². The summed E-state index contributed by atoms with van der Waals surface area (Å²) < 4.78 is 0. The number of aromatic nitrogens is 2. The minimum Gasteiger partial charge on any atom is -0.477 e. The molecule has 0 aliphatic rings. The molecule has 0 radical (unpaired) electrons. The second kappa shape index (κ2) is 4.02. The van der Waals surface area contributed by atoms with E-state index in [9.17, 15) is 4.79 Å². The monoisotopic (exact) mass is 234 g/mol. The third-order valence-electron chi connectivity index (χ3n) is 2.30. The predicted molar refractivity (Wildman–Crippen MR) is 63.0 cm³/mol. The molecule has 0 aliphatic heterocycles. The smallest absolute Gasteiger partial charge is 0.353 e. The number of carboxylic acids is 1. The van der Waals surface area contributed by atoms with Gasteiger partial charge in [0.05, 0.1) is 6.20 Å². The number of benzene rings is 1. The highest BCUT2D eigenvalue weighted by molar-refractivity contribution is 7.80. The number of imidazole rings is 1. The largest absolute Gasteiger partial charge is 0.477 e. The molecule has 1 aromatic carbocycles. The third-order valence-corrected chi connectivity index (χ3v) is 2.89. The van der Waals surface area contributed by atoms with Gasteiger partial charge in [-0.1, -0.05) is 18.2 Å². The van der Waals surface area contributed by atoms with Crippen molar-refractivity contribution in [2.24, 2.45) is 0 Å². The lowest BCUT2D eigenvalue weighted by molar-refractivity contribution is 0.0691. The van der Waals surface area contributed by atoms with Crippen LogP contribution >= 0.6 is 12.6 Å². The van der Waals surface area contributed by atoms with Gasteiger partial charge in [0.15, 0.2) is 0 Å². The van der Waals surface area contributed by atoms with Crippen molar-refractivity contribution in [2.45, 2.75) is 11.8 Å². The minimum atomic E-state index is -1.02. The maximum Gasteiger partial charge on any atom is 0.353 e. The zero-order chi connectivity index (χ0) is 11.7. The lowest BCUT2D eigenvalue weighted by Gasteiger charge is -2.04. The molecule has 0 atom stereocenters. The molecule has 1 heterocycles. The number of nitrogens with zero attached hydrogens (tertiary/aromatic N) is 1. The second-order valence-corrected chi connectivity index (χ2v) is 3.87. The van der Waals surface area contributed by atoms with Crippen LogP contribution < -0.4 is 0 Å². The highest BCUT2D eigenvalue weighted by Gasteiger charge is 2.11. The average Bonchev–Trinajstić information content (AvgIpc) is 2.71. The number of aromatic carboxylic acids is 1. The van der Waals surface area contributed by atoms with Crippen molar-refractivity contribution in [2.75, 3.05) is 0 Å². The van der Waals surface area contributed by atoms with Crippen molar-refractivity contribution in [3.05, 3.63) is 35.7 Å². The molecule has 4 nitrogen and oxygen atoms in total. The number of aromatic amines is 1. The van der Waals surface area contributed by atoms with Crippen molar-refractivity contribution in [1.29, 1.82) is 0 Å². The summed E-state index contributed by atoms with van der Waals surface area (Å²) >= 11 is 4.38.